The largest absolute Gasteiger partial charge is 0.493 e. The van der Waals surface area contributed by atoms with Gasteiger partial charge in [-0.1, -0.05) is 42.5 Å². The first-order valence-electron chi connectivity index (χ1n) is 9.56. The Balaban J connectivity index is 1.43. The van der Waals surface area contributed by atoms with Crippen molar-refractivity contribution in [1.82, 2.24) is 5.32 Å². The number of aliphatic imine (C=N–C) groups is 1. The van der Waals surface area contributed by atoms with E-state index >= 15 is 0 Å². The van der Waals surface area contributed by atoms with Crippen LogP contribution >= 0.6 is 0 Å². The molecule has 3 N–H and O–H groups in total. The molecule has 0 heterocycles. The molecule has 0 spiro atoms. The van der Waals surface area contributed by atoms with Crippen LogP contribution in [0.3, 0.4) is 0 Å². The number of nitrogens with zero attached hydrogens (tertiary/aromatic N) is 1. The summed E-state index contributed by atoms with van der Waals surface area (Å²) >= 11 is 0. The lowest BCUT2D eigenvalue weighted by atomic mass is 10.1. The average Bonchev–Trinajstić information content (AvgIpc) is 2.76. The minimum Gasteiger partial charge on any atom is -0.493 e. The fourth-order valence-electron chi connectivity index (χ4n) is 3.06. The van der Waals surface area contributed by atoms with Gasteiger partial charge in [-0.3, -0.25) is 4.99 Å². The Morgan fingerprint density at radius 2 is 1.72 bits per heavy atom. The van der Waals surface area contributed by atoms with Crippen LogP contribution in [0.4, 0.5) is 0 Å². The van der Waals surface area contributed by atoms with Gasteiger partial charge >= 0.3 is 0 Å². The van der Waals surface area contributed by atoms with Crippen molar-refractivity contribution in [3.63, 3.8) is 0 Å². The van der Waals surface area contributed by atoms with Gasteiger partial charge < -0.3 is 25.3 Å². The minimum absolute atomic E-state index is 0.409. The Bertz CT molecular complexity index is 967. The van der Waals surface area contributed by atoms with Crippen LogP contribution in [0.2, 0.25) is 0 Å². The van der Waals surface area contributed by atoms with Crippen molar-refractivity contribution in [2.24, 2.45) is 10.7 Å². The van der Waals surface area contributed by atoms with Gasteiger partial charge in [-0.2, -0.15) is 0 Å². The molecule has 0 aliphatic rings. The van der Waals surface area contributed by atoms with Crippen molar-refractivity contribution in [2.45, 2.75) is 6.42 Å². The lowest BCUT2D eigenvalue weighted by Gasteiger charge is -2.11. The first-order valence-corrected chi connectivity index (χ1v) is 9.56. The molecule has 0 amide bonds. The Labute approximate surface area is 171 Å². The monoisotopic (exact) mass is 393 g/mol. The van der Waals surface area contributed by atoms with E-state index in [0.717, 1.165) is 28.5 Å². The molecule has 0 bridgehead atoms. The van der Waals surface area contributed by atoms with Crippen LogP contribution < -0.4 is 25.3 Å². The van der Waals surface area contributed by atoms with Gasteiger partial charge in [-0.15, -0.1) is 0 Å². The molecule has 6 heteroatoms. The zero-order chi connectivity index (χ0) is 20.5. The van der Waals surface area contributed by atoms with Crippen LogP contribution in [0.25, 0.3) is 10.8 Å². The zero-order valence-corrected chi connectivity index (χ0v) is 16.9. The van der Waals surface area contributed by atoms with Gasteiger partial charge in [0.1, 0.15) is 12.4 Å². The summed E-state index contributed by atoms with van der Waals surface area (Å²) in [6.07, 6.45) is 0.759. The van der Waals surface area contributed by atoms with E-state index in [9.17, 15) is 0 Å². The number of guanidine groups is 1. The van der Waals surface area contributed by atoms with Gasteiger partial charge in [0.05, 0.1) is 20.8 Å². The minimum atomic E-state index is 0.409. The van der Waals surface area contributed by atoms with Crippen molar-refractivity contribution in [3.8, 4) is 17.2 Å². The molecular weight excluding hydrogens is 366 g/mol. The lowest BCUT2D eigenvalue weighted by molar-refractivity contribution is 0.326. The highest BCUT2D eigenvalue weighted by Gasteiger charge is 2.04. The van der Waals surface area contributed by atoms with Crippen molar-refractivity contribution in [3.05, 3.63) is 66.2 Å². The van der Waals surface area contributed by atoms with E-state index in [1.165, 1.54) is 0 Å². The molecule has 0 saturated carbocycles. The second-order valence-corrected chi connectivity index (χ2v) is 6.46. The molecule has 0 unspecified atom stereocenters. The standard InChI is InChI=1S/C23H27N3O3/c1-27-21-11-10-17(16-22(21)28-2)12-13-25-23(24)26-14-15-29-20-9-5-7-18-6-3-4-8-19(18)20/h3-11,16H,12-15H2,1-2H3,(H3,24,25,26). The van der Waals surface area contributed by atoms with E-state index in [0.29, 0.717) is 37.2 Å². The third-order valence-electron chi connectivity index (χ3n) is 4.55. The number of nitrogens with one attached hydrogen (secondary N) is 1. The fraction of sp³-hybridized carbons (Fsp3) is 0.261. The molecule has 3 rings (SSSR count). The number of ether oxygens (including phenoxy) is 3. The van der Waals surface area contributed by atoms with Crippen molar-refractivity contribution < 1.29 is 14.2 Å². The van der Waals surface area contributed by atoms with Gasteiger partial charge in [-0.05, 0) is 35.6 Å². The van der Waals surface area contributed by atoms with E-state index in [4.69, 9.17) is 19.9 Å². The Hall–Kier alpha value is -3.41. The Morgan fingerprint density at radius 3 is 2.55 bits per heavy atom. The van der Waals surface area contributed by atoms with Crippen molar-refractivity contribution in [1.29, 1.82) is 0 Å². The first kappa shape index (κ1) is 20.3. The maximum atomic E-state index is 5.95. The average molecular weight is 393 g/mol. The molecular formula is C23H27N3O3. The molecule has 0 aliphatic heterocycles. The number of rotatable bonds is 9. The molecule has 0 saturated heterocycles. The number of hydrogen-bond donors (Lipinski definition) is 2. The third kappa shape index (κ3) is 5.54. The third-order valence-corrected chi connectivity index (χ3v) is 4.55. The van der Waals surface area contributed by atoms with Gasteiger partial charge in [0, 0.05) is 11.9 Å². The number of nitrogens with two attached hydrogens (primary N) is 1. The van der Waals surface area contributed by atoms with Crippen LogP contribution in [-0.4, -0.2) is 39.9 Å². The molecule has 0 aliphatic carbocycles. The van der Waals surface area contributed by atoms with E-state index < -0.39 is 0 Å². The topological polar surface area (TPSA) is 78.1 Å². The number of benzene rings is 3. The molecule has 29 heavy (non-hydrogen) atoms. The summed E-state index contributed by atoms with van der Waals surface area (Å²) in [6, 6.07) is 20.1. The number of fused-ring (bicyclic) bond motifs is 1. The maximum Gasteiger partial charge on any atom is 0.188 e. The predicted molar refractivity (Wildman–Crippen MR) is 117 cm³/mol. The summed E-state index contributed by atoms with van der Waals surface area (Å²) in [5, 5.41) is 5.35. The summed E-state index contributed by atoms with van der Waals surface area (Å²) in [7, 11) is 3.25. The molecule has 3 aromatic rings. The Morgan fingerprint density at radius 1 is 0.931 bits per heavy atom. The molecule has 152 valence electrons. The molecule has 0 fully saturated rings. The maximum absolute atomic E-state index is 5.95. The molecule has 0 atom stereocenters. The van der Waals surface area contributed by atoms with E-state index in [-0.39, 0.29) is 0 Å². The van der Waals surface area contributed by atoms with Crippen molar-refractivity contribution in [2.75, 3.05) is 33.9 Å². The zero-order valence-electron chi connectivity index (χ0n) is 16.9. The van der Waals surface area contributed by atoms with E-state index in [2.05, 4.69) is 28.5 Å². The molecule has 0 radical (unpaired) electrons. The van der Waals surface area contributed by atoms with Crippen LogP contribution in [-0.2, 0) is 6.42 Å². The summed E-state index contributed by atoms with van der Waals surface area (Å²) < 4.78 is 16.5. The highest BCUT2D eigenvalue weighted by molar-refractivity contribution is 5.88. The van der Waals surface area contributed by atoms with Crippen LogP contribution in [0.5, 0.6) is 17.2 Å². The van der Waals surface area contributed by atoms with Gasteiger partial charge in [0.25, 0.3) is 0 Å². The quantitative estimate of drug-likeness (QED) is 0.331. The summed E-state index contributed by atoms with van der Waals surface area (Å²) in [4.78, 5) is 4.37. The highest BCUT2D eigenvalue weighted by atomic mass is 16.5. The molecule has 3 aromatic carbocycles. The number of hydrogen-bond acceptors (Lipinski definition) is 4. The fourth-order valence-corrected chi connectivity index (χ4v) is 3.06. The summed E-state index contributed by atoms with van der Waals surface area (Å²) in [5.74, 6) is 2.71. The van der Waals surface area contributed by atoms with Gasteiger partial charge in [0.2, 0.25) is 0 Å². The molecule has 6 nitrogen and oxygen atoms in total. The smallest absolute Gasteiger partial charge is 0.188 e. The molecule has 0 aromatic heterocycles. The SMILES string of the molecule is COc1ccc(CCN=C(N)NCCOc2cccc3ccccc23)cc1OC. The normalized spacial score (nSPS) is 11.3. The van der Waals surface area contributed by atoms with E-state index in [1.807, 2.05) is 42.5 Å². The van der Waals surface area contributed by atoms with Crippen LogP contribution in [0.15, 0.2) is 65.7 Å². The predicted octanol–water partition coefficient (Wildman–Crippen LogP) is 3.38. The second kappa shape index (κ2) is 10.2. The van der Waals surface area contributed by atoms with Gasteiger partial charge in [-0.25, -0.2) is 0 Å². The van der Waals surface area contributed by atoms with Gasteiger partial charge in [0.15, 0.2) is 17.5 Å². The number of methoxy groups -OCH3 is 2. The highest BCUT2D eigenvalue weighted by Crippen LogP contribution is 2.27. The van der Waals surface area contributed by atoms with Crippen LogP contribution in [0.1, 0.15) is 5.56 Å². The first-order chi connectivity index (χ1) is 14.2. The summed E-state index contributed by atoms with van der Waals surface area (Å²) in [5.41, 5.74) is 7.06. The second-order valence-electron chi connectivity index (χ2n) is 6.46. The van der Waals surface area contributed by atoms with Crippen molar-refractivity contribution >= 4 is 16.7 Å². The van der Waals surface area contributed by atoms with E-state index in [1.54, 1.807) is 14.2 Å². The Kier molecular flexibility index (Phi) is 7.16. The van der Waals surface area contributed by atoms with Crippen LogP contribution in [0, 0.1) is 0 Å². The summed E-state index contributed by atoms with van der Waals surface area (Å²) in [6.45, 7) is 1.66. The lowest BCUT2D eigenvalue weighted by Crippen LogP contribution is -2.35.